The Hall–Kier alpha value is -2.98. The molecule has 1 aliphatic rings. The topological polar surface area (TPSA) is 96.0 Å². The van der Waals surface area contributed by atoms with Crippen LogP contribution < -0.4 is 5.32 Å². The molecule has 0 saturated carbocycles. The second kappa shape index (κ2) is 8.80. The number of nitrogens with zero attached hydrogens (tertiary/aromatic N) is 2. The van der Waals surface area contributed by atoms with Crippen LogP contribution in [-0.2, 0) is 17.6 Å². The fourth-order valence-electron chi connectivity index (χ4n) is 3.78. The molecule has 0 aliphatic heterocycles. The maximum absolute atomic E-state index is 12.4. The molecule has 0 radical (unpaired) electrons. The number of carbonyl (C=O) groups excluding carboxylic acids is 1. The minimum Gasteiger partial charge on any atom is -0.313 e. The molecular weight excluding hydrogens is 398 g/mol. The molecule has 1 atom stereocenters. The van der Waals surface area contributed by atoms with Crippen molar-refractivity contribution in [3.8, 4) is 6.07 Å². The summed E-state index contributed by atoms with van der Waals surface area (Å²) in [4.78, 5) is 23.9. The molecule has 1 aliphatic carbocycles. The number of benzene rings is 1. The van der Waals surface area contributed by atoms with E-state index in [1.54, 1.807) is 18.2 Å². The second-order valence-electron chi connectivity index (χ2n) is 8.27. The van der Waals surface area contributed by atoms with Crippen molar-refractivity contribution in [2.45, 2.75) is 46.5 Å². The highest BCUT2D eigenvalue weighted by Gasteiger charge is 2.34. The Morgan fingerprint density at radius 2 is 2.10 bits per heavy atom. The zero-order valence-corrected chi connectivity index (χ0v) is 18.2. The fourth-order valence-corrected chi connectivity index (χ4v) is 5.06. The predicted molar refractivity (Wildman–Crippen MR) is 119 cm³/mol. The van der Waals surface area contributed by atoms with Crippen LogP contribution in [-0.4, -0.2) is 10.8 Å². The number of fused-ring (bicyclic) bond motifs is 1. The quantitative estimate of drug-likeness (QED) is 0.365. The summed E-state index contributed by atoms with van der Waals surface area (Å²) >= 11 is 1.51. The van der Waals surface area contributed by atoms with Gasteiger partial charge in [-0.05, 0) is 59.9 Å². The highest BCUT2D eigenvalue weighted by molar-refractivity contribution is 7.16. The van der Waals surface area contributed by atoms with Crippen LogP contribution in [0.5, 0.6) is 0 Å². The van der Waals surface area contributed by atoms with Crippen LogP contribution in [0.2, 0.25) is 0 Å². The van der Waals surface area contributed by atoms with Crippen molar-refractivity contribution < 1.29 is 9.72 Å². The average molecular weight is 424 g/mol. The molecule has 0 saturated heterocycles. The lowest BCUT2D eigenvalue weighted by molar-refractivity contribution is -0.384. The summed E-state index contributed by atoms with van der Waals surface area (Å²) in [6.07, 6.45) is 6.97. The average Bonchev–Trinajstić information content (AvgIpc) is 3.08. The van der Waals surface area contributed by atoms with Gasteiger partial charge in [-0.2, -0.15) is 5.26 Å². The molecule has 1 unspecified atom stereocenters. The normalized spacial score (nSPS) is 16.1. The first kappa shape index (κ1) is 21.7. The van der Waals surface area contributed by atoms with Crippen LogP contribution in [0.3, 0.4) is 0 Å². The van der Waals surface area contributed by atoms with Crippen molar-refractivity contribution in [3.05, 3.63) is 62.0 Å². The van der Waals surface area contributed by atoms with Crippen molar-refractivity contribution >= 4 is 34.0 Å². The zero-order chi connectivity index (χ0) is 21.9. The highest BCUT2D eigenvalue weighted by atomic mass is 32.1. The van der Waals surface area contributed by atoms with Gasteiger partial charge in [0.05, 0.1) is 10.5 Å². The molecule has 0 spiro atoms. The Bertz CT molecular complexity index is 1030. The van der Waals surface area contributed by atoms with Gasteiger partial charge in [-0.3, -0.25) is 14.9 Å². The van der Waals surface area contributed by atoms with Crippen molar-refractivity contribution in [1.82, 2.24) is 0 Å². The molecule has 30 heavy (non-hydrogen) atoms. The first-order valence-corrected chi connectivity index (χ1v) is 10.8. The van der Waals surface area contributed by atoms with Crippen LogP contribution in [0.25, 0.3) is 6.08 Å². The Kier molecular flexibility index (Phi) is 6.37. The standard InChI is InChI=1S/C23H25N3O3S/c1-4-23(2,3)16-8-11-18-19(14-24)22(30-20(18)13-16)25-21(27)12-7-15-5-9-17(10-6-15)26(28)29/h5-7,9-10,12,16H,4,8,11,13H2,1-3H3,(H,25,27). The Morgan fingerprint density at radius 1 is 1.40 bits per heavy atom. The number of hydrogen-bond acceptors (Lipinski definition) is 5. The lowest BCUT2D eigenvalue weighted by Crippen LogP contribution is -2.28. The van der Waals surface area contributed by atoms with E-state index in [1.807, 2.05) is 0 Å². The van der Waals surface area contributed by atoms with Gasteiger partial charge in [0.2, 0.25) is 5.91 Å². The maximum Gasteiger partial charge on any atom is 0.269 e. The van der Waals surface area contributed by atoms with E-state index in [9.17, 15) is 20.2 Å². The fraction of sp³-hybridized carbons (Fsp3) is 0.391. The number of nitriles is 1. The molecule has 0 bridgehead atoms. The Balaban J connectivity index is 1.73. The number of amides is 1. The predicted octanol–water partition coefficient (Wildman–Crippen LogP) is 5.72. The molecule has 6 nitrogen and oxygen atoms in total. The van der Waals surface area contributed by atoms with Gasteiger partial charge in [0.25, 0.3) is 5.69 Å². The summed E-state index contributed by atoms with van der Waals surface area (Å²) in [7, 11) is 0. The van der Waals surface area contributed by atoms with Gasteiger partial charge in [-0.15, -0.1) is 11.3 Å². The third-order valence-corrected chi connectivity index (χ3v) is 7.33. The SMILES string of the molecule is CCC(C)(C)C1CCc2c(sc(NC(=O)C=Cc3ccc([N+](=O)[O-])cc3)c2C#N)C1. The number of nitro benzene ring substituents is 1. The van der Waals surface area contributed by atoms with Crippen molar-refractivity contribution in [1.29, 1.82) is 5.26 Å². The summed E-state index contributed by atoms with van der Waals surface area (Å²) in [5.41, 5.74) is 2.61. The number of non-ortho nitro benzene ring substituents is 1. The molecule has 7 heteroatoms. The van der Waals surface area contributed by atoms with Crippen LogP contribution in [0.15, 0.2) is 30.3 Å². The van der Waals surface area contributed by atoms with Gasteiger partial charge < -0.3 is 5.32 Å². The van der Waals surface area contributed by atoms with E-state index < -0.39 is 4.92 Å². The Morgan fingerprint density at radius 3 is 2.70 bits per heavy atom. The summed E-state index contributed by atoms with van der Waals surface area (Å²) in [5, 5.41) is 23.8. The maximum atomic E-state index is 12.4. The third-order valence-electron chi connectivity index (χ3n) is 6.16. The van der Waals surface area contributed by atoms with Gasteiger partial charge in [0.1, 0.15) is 11.1 Å². The molecule has 1 N–H and O–H groups in total. The number of hydrogen-bond donors (Lipinski definition) is 1. The molecule has 3 rings (SSSR count). The molecule has 1 amide bonds. The van der Waals surface area contributed by atoms with Gasteiger partial charge >= 0.3 is 0 Å². The molecular formula is C23H25N3O3S. The molecule has 0 fully saturated rings. The largest absolute Gasteiger partial charge is 0.313 e. The van der Waals surface area contributed by atoms with E-state index in [1.165, 1.54) is 34.4 Å². The lowest BCUT2D eigenvalue weighted by atomic mass is 9.69. The minimum absolute atomic E-state index is 0.00369. The van der Waals surface area contributed by atoms with Crippen LogP contribution in [0.4, 0.5) is 10.7 Å². The van der Waals surface area contributed by atoms with Crippen molar-refractivity contribution in [3.63, 3.8) is 0 Å². The number of nitrogens with one attached hydrogen (secondary N) is 1. The van der Waals surface area contributed by atoms with Crippen LogP contribution >= 0.6 is 11.3 Å². The number of carbonyl (C=O) groups is 1. The molecule has 1 heterocycles. The summed E-state index contributed by atoms with van der Waals surface area (Å²) in [5.74, 6) is 0.250. The van der Waals surface area contributed by atoms with E-state index in [-0.39, 0.29) is 17.0 Å². The van der Waals surface area contributed by atoms with E-state index in [2.05, 4.69) is 32.2 Å². The molecule has 156 valence electrons. The highest BCUT2D eigenvalue weighted by Crippen LogP contribution is 2.45. The Labute approximate surface area is 180 Å². The summed E-state index contributed by atoms with van der Waals surface area (Å²) in [6.45, 7) is 6.81. The van der Waals surface area contributed by atoms with Crippen LogP contribution in [0, 0.1) is 32.8 Å². The number of anilines is 1. The van der Waals surface area contributed by atoms with Gasteiger partial charge in [-0.25, -0.2) is 0 Å². The van der Waals surface area contributed by atoms with E-state index in [4.69, 9.17) is 0 Å². The summed E-state index contributed by atoms with van der Waals surface area (Å²) < 4.78 is 0. The van der Waals surface area contributed by atoms with Gasteiger partial charge in [0.15, 0.2) is 0 Å². The summed E-state index contributed by atoms with van der Waals surface area (Å²) in [6, 6.07) is 8.24. The van der Waals surface area contributed by atoms with E-state index in [0.29, 0.717) is 22.0 Å². The van der Waals surface area contributed by atoms with E-state index >= 15 is 0 Å². The number of thiophene rings is 1. The molecule has 1 aromatic heterocycles. The lowest BCUT2D eigenvalue weighted by Gasteiger charge is -2.36. The second-order valence-corrected chi connectivity index (χ2v) is 9.38. The van der Waals surface area contributed by atoms with E-state index in [0.717, 1.165) is 31.2 Å². The van der Waals surface area contributed by atoms with Crippen molar-refractivity contribution in [2.75, 3.05) is 5.32 Å². The molecule has 2 aromatic rings. The zero-order valence-electron chi connectivity index (χ0n) is 17.4. The smallest absolute Gasteiger partial charge is 0.269 e. The van der Waals surface area contributed by atoms with Gasteiger partial charge in [-0.1, -0.05) is 27.2 Å². The third kappa shape index (κ3) is 4.60. The number of rotatable bonds is 6. The first-order valence-electron chi connectivity index (χ1n) is 10.0. The monoisotopic (exact) mass is 423 g/mol. The minimum atomic E-state index is -0.464. The van der Waals surface area contributed by atoms with Crippen LogP contribution in [0.1, 0.15) is 55.2 Å². The number of nitro groups is 1. The first-order chi connectivity index (χ1) is 14.2. The van der Waals surface area contributed by atoms with Gasteiger partial charge in [0, 0.05) is 23.1 Å². The molecule has 1 aromatic carbocycles. The van der Waals surface area contributed by atoms with Crippen molar-refractivity contribution in [2.24, 2.45) is 11.3 Å².